The highest BCUT2D eigenvalue weighted by atomic mass is 16.5. The van der Waals surface area contributed by atoms with E-state index in [1.54, 1.807) is 0 Å². The van der Waals surface area contributed by atoms with E-state index in [4.69, 9.17) is 4.74 Å². The van der Waals surface area contributed by atoms with Gasteiger partial charge in [0.2, 0.25) is 0 Å². The van der Waals surface area contributed by atoms with Gasteiger partial charge in [-0.25, -0.2) is 4.99 Å². The lowest BCUT2D eigenvalue weighted by Gasteiger charge is -2.07. The van der Waals surface area contributed by atoms with Crippen molar-refractivity contribution in [3.05, 3.63) is 24.3 Å². The van der Waals surface area contributed by atoms with Crippen LogP contribution < -0.4 is 0 Å². The van der Waals surface area contributed by atoms with Crippen molar-refractivity contribution in [3.8, 4) is 0 Å². The van der Waals surface area contributed by atoms with E-state index in [1.165, 1.54) is 70.6 Å². The maximum atomic E-state index is 5.63. The first-order chi connectivity index (χ1) is 11.6. The summed E-state index contributed by atoms with van der Waals surface area (Å²) in [5, 5.41) is 0. The molecule has 0 atom stereocenters. The molecule has 24 heavy (non-hydrogen) atoms. The van der Waals surface area contributed by atoms with Gasteiger partial charge >= 0.3 is 0 Å². The fraction of sp³-hybridized carbons (Fsp3) is 0.773. The molecule has 1 heterocycles. The summed E-state index contributed by atoms with van der Waals surface area (Å²) in [6, 6.07) is 0. The molecule has 2 heteroatoms. The van der Waals surface area contributed by atoms with Gasteiger partial charge in [-0.15, -0.1) is 0 Å². The second-order valence-corrected chi connectivity index (χ2v) is 7.62. The Morgan fingerprint density at radius 2 is 1.46 bits per heavy atom. The summed E-state index contributed by atoms with van der Waals surface area (Å²) in [5.74, 6) is 0.982. The topological polar surface area (TPSA) is 21.6 Å². The third-order valence-electron chi connectivity index (χ3n) is 4.39. The maximum absolute atomic E-state index is 5.63. The zero-order valence-electron chi connectivity index (χ0n) is 16.4. The van der Waals surface area contributed by atoms with E-state index in [0.717, 1.165) is 18.9 Å². The predicted molar refractivity (Wildman–Crippen MR) is 107 cm³/mol. The van der Waals surface area contributed by atoms with Crippen LogP contribution in [0.5, 0.6) is 0 Å². The van der Waals surface area contributed by atoms with Gasteiger partial charge in [0.1, 0.15) is 6.61 Å². The Morgan fingerprint density at radius 1 is 0.875 bits per heavy atom. The molecule has 0 spiro atoms. The monoisotopic (exact) mass is 333 g/mol. The van der Waals surface area contributed by atoms with E-state index in [9.17, 15) is 0 Å². The Bertz CT molecular complexity index is 393. The van der Waals surface area contributed by atoms with Crippen molar-refractivity contribution in [2.75, 3.05) is 6.61 Å². The van der Waals surface area contributed by atoms with Crippen LogP contribution in [-0.2, 0) is 4.74 Å². The Balaban J connectivity index is 1.82. The summed E-state index contributed by atoms with van der Waals surface area (Å²) in [5.41, 5.74) is 0.00901. The van der Waals surface area contributed by atoms with Crippen LogP contribution in [0.15, 0.2) is 29.3 Å². The SMILES string of the molecule is CCCC/C=C/C=C/CCCCCCCCCC1=NC(C)(C)CO1. The molecule has 0 bridgehead atoms. The van der Waals surface area contributed by atoms with Crippen LogP contribution in [0.4, 0.5) is 0 Å². The van der Waals surface area contributed by atoms with Gasteiger partial charge in [0, 0.05) is 6.42 Å². The molecule has 138 valence electrons. The lowest BCUT2D eigenvalue weighted by Crippen LogP contribution is -2.17. The second kappa shape index (κ2) is 13.3. The zero-order valence-corrected chi connectivity index (χ0v) is 16.4. The van der Waals surface area contributed by atoms with Gasteiger partial charge in [-0.3, -0.25) is 0 Å². The third kappa shape index (κ3) is 11.5. The van der Waals surface area contributed by atoms with Crippen molar-refractivity contribution in [2.45, 2.75) is 103 Å². The molecule has 0 radical (unpaired) electrons. The molecule has 0 aromatic heterocycles. The Hall–Kier alpha value is -1.05. The average molecular weight is 334 g/mol. The van der Waals surface area contributed by atoms with E-state index in [-0.39, 0.29) is 5.54 Å². The molecule has 0 N–H and O–H groups in total. The molecule has 2 nitrogen and oxygen atoms in total. The molecule has 1 rings (SSSR count). The number of ether oxygens (including phenoxy) is 1. The maximum Gasteiger partial charge on any atom is 0.183 e. The number of unbranched alkanes of at least 4 members (excludes halogenated alkanes) is 9. The van der Waals surface area contributed by atoms with Crippen LogP contribution in [0.1, 0.15) is 97.8 Å². The average Bonchev–Trinajstić information content (AvgIpc) is 2.90. The van der Waals surface area contributed by atoms with Crippen molar-refractivity contribution in [1.29, 1.82) is 0 Å². The number of allylic oxidation sites excluding steroid dienone is 4. The van der Waals surface area contributed by atoms with Crippen LogP contribution in [0.2, 0.25) is 0 Å². The molecule has 0 aromatic carbocycles. The number of aliphatic imine (C=N–C) groups is 1. The van der Waals surface area contributed by atoms with E-state index < -0.39 is 0 Å². The van der Waals surface area contributed by atoms with Gasteiger partial charge in [0.25, 0.3) is 0 Å². The standard InChI is InChI=1S/C22H39NO/c1-4-5-6-7-8-9-10-11-12-13-14-15-16-17-18-19-21-23-22(2,3)20-24-21/h7-10H,4-6,11-20H2,1-3H3/b8-7+,10-9+. The Labute approximate surface area is 150 Å². The van der Waals surface area contributed by atoms with Gasteiger partial charge in [-0.05, 0) is 39.5 Å². The van der Waals surface area contributed by atoms with Gasteiger partial charge in [-0.1, -0.05) is 76.2 Å². The highest BCUT2D eigenvalue weighted by Crippen LogP contribution is 2.19. The van der Waals surface area contributed by atoms with Crippen LogP contribution in [0.3, 0.4) is 0 Å². The van der Waals surface area contributed by atoms with Crippen molar-refractivity contribution in [1.82, 2.24) is 0 Å². The molecular formula is C22H39NO. The molecule has 0 unspecified atom stereocenters. The van der Waals surface area contributed by atoms with E-state index in [1.807, 2.05) is 0 Å². The van der Waals surface area contributed by atoms with E-state index in [0.29, 0.717) is 0 Å². The molecular weight excluding hydrogens is 294 g/mol. The van der Waals surface area contributed by atoms with Crippen LogP contribution in [-0.4, -0.2) is 18.0 Å². The normalized spacial score (nSPS) is 16.9. The summed E-state index contributed by atoms with van der Waals surface area (Å²) in [6.45, 7) is 7.27. The van der Waals surface area contributed by atoms with Crippen molar-refractivity contribution >= 4 is 5.90 Å². The molecule has 1 aliphatic rings. The number of nitrogens with zero attached hydrogens (tertiary/aromatic N) is 1. The summed E-state index contributed by atoms with van der Waals surface area (Å²) in [7, 11) is 0. The van der Waals surface area contributed by atoms with Crippen molar-refractivity contribution < 1.29 is 4.74 Å². The summed E-state index contributed by atoms with van der Waals surface area (Å²) in [4.78, 5) is 4.61. The Kier molecular flexibility index (Phi) is 11.6. The first-order valence-corrected chi connectivity index (χ1v) is 10.2. The first-order valence-electron chi connectivity index (χ1n) is 10.2. The molecule has 0 aromatic rings. The summed E-state index contributed by atoms with van der Waals surface area (Å²) in [6.07, 6.45) is 24.4. The smallest absolute Gasteiger partial charge is 0.183 e. The fourth-order valence-electron chi connectivity index (χ4n) is 2.88. The molecule has 1 aliphatic heterocycles. The van der Waals surface area contributed by atoms with Gasteiger partial charge in [-0.2, -0.15) is 0 Å². The lowest BCUT2D eigenvalue weighted by molar-refractivity contribution is 0.273. The Morgan fingerprint density at radius 3 is 2.04 bits per heavy atom. The minimum atomic E-state index is 0.00901. The van der Waals surface area contributed by atoms with Crippen molar-refractivity contribution in [2.24, 2.45) is 4.99 Å². The molecule has 0 saturated heterocycles. The minimum absolute atomic E-state index is 0.00901. The van der Waals surface area contributed by atoms with Gasteiger partial charge in [0.15, 0.2) is 5.90 Å². The largest absolute Gasteiger partial charge is 0.478 e. The lowest BCUT2D eigenvalue weighted by atomic mass is 10.1. The first kappa shape index (κ1) is 21.0. The quantitative estimate of drug-likeness (QED) is 0.247. The fourth-order valence-corrected chi connectivity index (χ4v) is 2.88. The molecule has 0 aliphatic carbocycles. The number of hydrogen-bond donors (Lipinski definition) is 0. The van der Waals surface area contributed by atoms with Crippen molar-refractivity contribution in [3.63, 3.8) is 0 Å². The van der Waals surface area contributed by atoms with Gasteiger partial charge in [0.05, 0.1) is 5.54 Å². The molecule has 0 amide bonds. The van der Waals surface area contributed by atoms with Crippen LogP contribution >= 0.6 is 0 Å². The summed E-state index contributed by atoms with van der Waals surface area (Å²) >= 11 is 0. The third-order valence-corrected chi connectivity index (χ3v) is 4.39. The van der Waals surface area contributed by atoms with Crippen LogP contribution in [0, 0.1) is 0 Å². The zero-order chi connectivity index (χ0) is 17.5. The molecule has 0 saturated carbocycles. The number of rotatable bonds is 14. The summed E-state index contributed by atoms with van der Waals surface area (Å²) < 4.78 is 5.63. The van der Waals surface area contributed by atoms with Gasteiger partial charge < -0.3 is 4.74 Å². The van der Waals surface area contributed by atoms with E-state index >= 15 is 0 Å². The number of hydrogen-bond acceptors (Lipinski definition) is 2. The predicted octanol–water partition coefficient (Wildman–Crippen LogP) is 7.01. The highest BCUT2D eigenvalue weighted by molar-refractivity contribution is 5.78. The van der Waals surface area contributed by atoms with E-state index in [2.05, 4.69) is 50.1 Å². The minimum Gasteiger partial charge on any atom is -0.478 e. The molecule has 0 fully saturated rings. The highest BCUT2D eigenvalue weighted by Gasteiger charge is 2.25. The van der Waals surface area contributed by atoms with Crippen LogP contribution in [0.25, 0.3) is 0 Å². The second-order valence-electron chi connectivity index (χ2n) is 7.62.